The highest BCUT2D eigenvalue weighted by Crippen LogP contribution is 2.34. The lowest BCUT2D eigenvalue weighted by Gasteiger charge is -2.35. The van der Waals surface area contributed by atoms with E-state index in [2.05, 4.69) is 12.2 Å². The fourth-order valence-corrected chi connectivity index (χ4v) is 5.55. The number of nitrogens with zero attached hydrogens (tertiary/aromatic N) is 1. The van der Waals surface area contributed by atoms with Gasteiger partial charge in [0.05, 0.1) is 19.1 Å². The Labute approximate surface area is 190 Å². The first-order chi connectivity index (χ1) is 15.4. The van der Waals surface area contributed by atoms with Gasteiger partial charge >= 0.3 is 0 Å². The Morgan fingerprint density at radius 1 is 1.03 bits per heavy atom. The van der Waals surface area contributed by atoms with E-state index in [0.29, 0.717) is 24.5 Å². The van der Waals surface area contributed by atoms with Gasteiger partial charge in [0.1, 0.15) is 6.04 Å². The van der Waals surface area contributed by atoms with Crippen LogP contribution in [0, 0.1) is 0 Å². The number of methoxy groups -OCH3 is 2. The largest absolute Gasteiger partial charge is 0.493 e. The van der Waals surface area contributed by atoms with Gasteiger partial charge in [-0.2, -0.15) is 4.31 Å². The second kappa shape index (κ2) is 10.8. The van der Waals surface area contributed by atoms with E-state index in [1.807, 2.05) is 24.3 Å². The molecule has 32 heavy (non-hydrogen) atoms. The minimum absolute atomic E-state index is 0.0651. The van der Waals surface area contributed by atoms with E-state index in [4.69, 9.17) is 9.47 Å². The van der Waals surface area contributed by atoms with Gasteiger partial charge in [-0.15, -0.1) is 0 Å². The van der Waals surface area contributed by atoms with E-state index in [1.54, 1.807) is 6.07 Å². The number of sulfonamides is 1. The summed E-state index contributed by atoms with van der Waals surface area (Å²) in [4.78, 5) is 13.2. The number of nitrogens with one attached hydrogen (secondary N) is 1. The molecule has 0 saturated carbocycles. The number of amides is 1. The highest BCUT2D eigenvalue weighted by atomic mass is 32.2. The minimum Gasteiger partial charge on any atom is -0.493 e. The van der Waals surface area contributed by atoms with Crippen molar-refractivity contribution in [2.75, 3.05) is 20.8 Å². The van der Waals surface area contributed by atoms with Crippen LogP contribution >= 0.6 is 0 Å². The summed E-state index contributed by atoms with van der Waals surface area (Å²) < 4.78 is 39.1. The van der Waals surface area contributed by atoms with Crippen LogP contribution in [-0.4, -0.2) is 45.4 Å². The lowest BCUT2D eigenvalue weighted by molar-refractivity contribution is -0.125. The summed E-state index contributed by atoms with van der Waals surface area (Å²) in [5.74, 6) is 0.500. The topological polar surface area (TPSA) is 84.9 Å². The van der Waals surface area contributed by atoms with Gasteiger partial charge in [-0.3, -0.25) is 4.79 Å². The van der Waals surface area contributed by atoms with Crippen LogP contribution in [0.1, 0.15) is 43.7 Å². The van der Waals surface area contributed by atoms with Crippen molar-refractivity contribution in [3.63, 3.8) is 0 Å². The molecule has 0 fully saturated rings. The molecule has 8 heteroatoms. The third kappa shape index (κ3) is 5.24. The minimum atomic E-state index is -3.96. The van der Waals surface area contributed by atoms with E-state index >= 15 is 0 Å². The molecule has 0 saturated heterocycles. The Morgan fingerprint density at radius 3 is 2.44 bits per heavy atom. The molecule has 7 nitrogen and oxygen atoms in total. The van der Waals surface area contributed by atoms with Crippen molar-refractivity contribution in [1.29, 1.82) is 0 Å². The Morgan fingerprint density at radius 2 is 1.75 bits per heavy atom. The number of carbonyl (C=O) groups excluding carboxylic acids is 1. The van der Waals surface area contributed by atoms with Crippen LogP contribution in [0.3, 0.4) is 0 Å². The maximum Gasteiger partial charge on any atom is 0.244 e. The number of fused-ring (bicyclic) bond motifs is 1. The van der Waals surface area contributed by atoms with Gasteiger partial charge in [0.15, 0.2) is 11.5 Å². The molecule has 2 aromatic carbocycles. The number of carbonyl (C=O) groups is 1. The number of hydrogen-bond acceptors (Lipinski definition) is 5. The van der Waals surface area contributed by atoms with Crippen LogP contribution in [0.5, 0.6) is 11.5 Å². The van der Waals surface area contributed by atoms with Gasteiger partial charge < -0.3 is 14.8 Å². The Hall–Kier alpha value is -2.58. The Balaban J connectivity index is 1.90. The summed E-state index contributed by atoms with van der Waals surface area (Å²) in [7, 11) is -1.01. The normalized spacial score (nSPS) is 16.3. The van der Waals surface area contributed by atoms with Crippen molar-refractivity contribution in [2.24, 2.45) is 0 Å². The van der Waals surface area contributed by atoms with Gasteiger partial charge in [0.2, 0.25) is 15.9 Å². The third-order valence-corrected chi connectivity index (χ3v) is 7.65. The van der Waals surface area contributed by atoms with Crippen molar-refractivity contribution >= 4 is 15.9 Å². The zero-order valence-corrected chi connectivity index (χ0v) is 19.8. The molecule has 0 unspecified atom stereocenters. The predicted molar refractivity (Wildman–Crippen MR) is 123 cm³/mol. The van der Waals surface area contributed by atoms with Crippen molar-refractivity contribution in [1.82, 2.24) is 9.62 Å². The monoisotopic (exact) mass is 460 g/mol. The second-order valence-corrected chi connectivity index (χ2v) is 9.80. The molecule has 0 aromatic heterocycles. The average molecular weight is 461 g/mol. The lowest BCUT2D eigenvalue weighted by Crippen LogP contribution is -2.52. The molecule has 1 heterocycles. The molecule has 0 spiro atoms. The van der Waals surface area contributed by atoms with E-state index in [9.17, 15) is 13.2 Å². The van der Waals surface area contributed by atoms with E-state index in [-0.39, 0.29) is 17.3 Å². The summed E-state index contributed by atoms with van der Waals surface area (Å²) in [6.07, 6.45) is 4.49. The first kappa shape index (κ1) is 24.1. The van der Waals surface area contributed by atoms with E-state index in [0.717, 1.165) is 36.8 Å². The zero-order chi connectivity index (χ0) is 23.1. The molecule has 1 atom stereocenters. The zero-order valence-electron chi connectivity index (χ0n) is 19.0. The third-order valence-electron chi connectivity index (χ3n) is 5.80. The van der Waals surface area contributed by atoms with Gasteiger partial charge in [0, 0.05) is 19.2 Å². The first-order valence-electron chi connectivity index (χ1n) is 11.0. The molecule has 1 aliphatic rings. The Kier molecular flexibility index (Phi) is 8.15. The predicted octanol–water partition coefficient (Wildman–Crippen LogP) is 3.52. The standard InChI is InChI=1S/C24H32N2O5S/c1-4-5-6-9-14-25-24(27)21-15-18-10-7-8-11-19(18)17-26(21)32(28,29)20-12-13-22(30-2)23(16-20)31-3/h7-8,10-13,16,21H,4-6,9,14-15,17H2,1-3H3,(H,25,27)/t21-/m1/s1. The number of ether oxygens (including phenoxy) is 2. The van der Waals surface area contributed by atoms with Gasteiger partial charge in [-0.1, -0.05) is 50.5 Å². The fourth-order valence-electron chi connectivity index (χ4n) is 3.97. The molecule has 2 aromatic rings. The van der Waals surface area contributed by atoms with Crippen LogP contribution in [0.2, 0.25) is 0 Å². The maximum atomic E-state index is 13.6. The first-order valence-corrected chi connectivity index (χ1v) is 12.4. The summed E-state index contributed by atoms with van der Waals surface area (Å²) in [5.41, 5.74) is 1.90. The van der Waals surface area contributed by atoms with Crippen molar-refractivity contribution in [3.8, 4) is 11.5 Å². The molecular formula is C24H32N2O5S. The van der Waals surface area contributed by atoms with Crippen LogP contribution in [0.25, 0.3) is 0 Å². The molecule has 1 amide bonds. The van der Waals surface area contributed by atoms with Crippen LogP contribution < -0.4 is 14.8 Å². The SMILES string of the molecule is CCCCCCNC(=O)[C@H]1Cc2ccccc2CN1S(=O)(=O)c1ccc(OC)c(OC)c1. The van der Waals surface area contributed by atoms with Crippen LogP contribution in [0.15, 0.2) is 47.4 Å². The van der Waals surface area contributed by atoms with Crippen LogP contribution in [0.4, 0.5) is 0 Å². The van der Waals surface area contributed by atoms with Crippen molar-refractivity contribution < 1.29 is 22.7 Å². The smallest absolute Gasteiger partial charge is 0.244 e. The van der Waals surface area contributed by atoms with Crippen LogP contribution in [-0.2, 0) is 27.8 Å². The summed E-state index contributed by atoms with van der Waals surface area (Å²) in [5, 5.41) is 2.95. The molecular weight excluding hydrogens is 428 g/mol. The summed E-state index contributed by atoms with van der Waals surface area (Å²) in [6.45, 7) is 2.82. The maximum absolute atomic E-state index is 13.6. The number of hydrogen-bond donors (Lipinski definition) is 1. The quantitative estimate of drug-likeness (QED) is 0.549. The fraction of sp³-hybridized carbons (Fsp3) is 0.458. The van der Waals surface area contributed by atoms with Gasteiger partial charge in [0.25, 0.3) is 0 Å². The highest BCUT2D eigenvalue weighted by molar-refractivity contribution is 7.89. The summed E-state index contributed by atoms with van der Waals surface area (Å²) >= 11 is 0. The molecule has 0 aliphatic carbocycles. The van der Waals surface area contributed by atoms with Crippen molar-refractivity contribution in [2.45, 2.75) is 56.5 Å². The number of unbranched alkanes of at least 4 members (excludes halogenated alkanes) is 3. The molecule has 174 valence electrons. The van der Waals surface area contributed by atoms with Gasteiger partial charge in [-0.05, 0) is 36.1 Å². The molecule has 0 bridgehead atoms. The van der Waals surface area contributed by atoms with E-state index in [1.165, 1.54) is 30.7 Å². The van der Waals surface area contributed by atoms with Crippen molar-refractivity contribution in [3.05, 3.63) is 53.6 Å². The average Bonchev–Trinajstić information content (AvgIpc) is 2.82. The lowest BCUT2D eigenvalue weighted by atomic mass is 9.95. The number of rotatable bonds is 10. The highest BCUT2D eigenvalue weighted by Gasteiger charge is 2.39. The summed E-state index contributed by atoms with van der Waals surface area (Å²) in [6, 6.07) is 11.3. The molecule has 1 aliphatic heterocycles. The molecule has 0 radical (unpaired) electrons. The second-order valence-electron chi connectivity index (χ2n) is 7.91. The number of benzene rings is 2. The molecule has 1 N–H and O–H groups in total. The van der Waals surface area contributed by atoms with E-state index < -0.39 is 16.1 Å². The Bertz CT molecular complexity index is 1040. The molecule has 3 rings (SSSR count). The van der Waals surface area contributed by atoms with Gasteiger partial charge in [-0.25, -0.2) is 8.42 Å².